The Kier molecular flexibility index (Phi) is 4.55. The summed E-state index contributed by atoms with van der Waals surface area (Å²) in [6.45, 7) is 3.39. The van der Waals surface area contributed by atoms with Crippen LogP contribution in [0.2, 0.25) is 0 Å². The molecule has 0 radical (unpaired) electrons. The number of nitrogens with one attached hydrogen (secondary N) is 1. The van der Waals surface area contributed by atoms with E-state index in [2.05, 4.69) is 15.3 Å². The van der Waals surface area contributed by atoms with Gasteiger partial charge in [-0.3, -0.25) is 0 Å². The lowest BCUT2D eigenvalue weighted by Gasteiger charge is -2.09. The summed E-state index contributed by atoms with van der Waals surface area (Å²) in [4.78, 5) is 8.07. The van der Waals surface area contributed by atoms with Crippen molar-refractivity contribution in [2.24, 2.45) is 0 Å². The Morgan fingerprint density at radius 3 is 2.84 bits per heavy atom. The first-order valence-corrected chi connectivity index (χ1v) is 6.26. The zero-order valence-electron chi connectivity index (χ0n) is 11.0. The van der Waals surface area contributed by atoms with Gasteiger partial charge in [0.2, 0.25) is 5.95 Å². The fraction of sp³-hybridized carbons (Fsp3) is 0.286. The van der Waals surface area contributed by atoms with Gasteiger partial charge in [0, 0.05) is 18.3 Å². The summed E-state index contributed by atoms with van der Waals surface area (Å²) in [5.41, 5.74) is 6.53. The predicted molar refractivity (Wildman–Crippen MR) is 76.2 cm³/mol. The van der Waals surface area contributed by atoms with Gasteiger partial charge in [0.1, 0.15) is 11.6 Å². The van der Waals surface area contributed by atoms with Crippen LogP contribution in [-0.4, -0.2) is 23.1 Å². The van der Waals surface area contributed by atoms with Crippen molar-refractivity contribution in [2.45, 2.75) is 13.3 Å². The molecule has 0 saturated heterocycles. The van der Waals surface area contributed by atoms with Crippen LogP contribution in [-0.2, 0) is 0 Å². The molecule has 0 unspecified atom stereocenters. The van der Waals surface area contributed by atoms with Gasteiger partial charge in [0.25, 0.3) is 0 Å². The largest absolute Gasteiger partial charge is 0.494 e. The number of anilines is 2. The molecule has 0 aliphatic carbocycles. The first-order chi connectivity index (χ1) is 9.25. The summed E-state index contributed by atoms with van der Waals surface area (Å²) in [6, 6.07) is 9.78. The first-order valence-electron chi connectivity index (χ1n) is 6.26. The van der Waals surface area contributed by atoms with Gasteiger partial charge in [0.15, 0.2) is 0 Å². The number of nitrogen functional groups attached to an aromatic ring is 1. The van der Waals surface area contributed by atoms with E-state index in [0.717, 1.165) is 30.1 Å². The van der Waals surface area contributed by atoms with Gasteiger partial charge in [-0.25, -0.2) is 4.98 Å². The molecule has 3 N–H and O–H groups in total. The Labute approximate surface area is 112 Å². The molecule has 2 rings (SSSR count). The van der Waals surface area contributed by atoms with E-state index in [9.17, 15) is 0 Å². The van der Waals surface area contributed by atoms with Crippen molar-refractivity contribution in [2.75, 3.05) is 24.2 Å². The highest BCUT2D eigenvalue weighted by Gasteiger charge is 2.00. The highest BCUT2D eigenvalue weighted by molar-refractivity contribution is 5.44. The average molecular weight is 258 g/mol. The molecule has 5 heteroatoms. The monoisotopic (exact) mass is 258 g/mol. The van der Waals surface area contributed by atoms with E-state index in [1.54, 1.807) is 6.20 Å². The Morgan fingerprint density at radius 2 is 2.05 bits per heavy atom. The second kappa shape index (κ2) is 6.58. The minimum absolute atomic E-state index is 0.286. The second-order valence-electron chi connectivity index (χ2n) is 4.20. The smallest absolute Gasteiger partial charge is 0.221 e. The van der Waals surface area contributed by atoms with Crippen LogP contribution in [0.1, 0.15) is 12.0 Å². The minimum atomic E-state index is 0.286. The van der Waals surface area contributed by atoms with Gasteiger partial charge in [0.05, 0.1) is 6.61 Å². The summed E-state index contributed by atoms with van der Waals surface area (Å²) in [7, 11) is 0. The maximum absolute atomic E-state index is 5.60. The molecule has 0 aliphatic heterocycles. The lowest BCUT2D eigenvalue weighted by atomic mass is 10.3. The molecule has 0 atom stereocenters. The van der Waals surface area contributed by atoms with Crippen LogP contribution < -0.4 is 15.8 Å². The van der Waals surface area contributed by atoms with Crippen LogP contribution in [0.4, 0.5) is 11.8 Å². The highest BCUT2D eigenvalue weighted by Crippen LogP contribution is 2.11. The third-order valence-corrected chi connectivity index (χ3v) is 2.62. The highest BCUT2D eigenvalue weighted by atomic mass is 16.5. The molecule has 2 aromatic rings. The quantitative estimate of drug-likeness (QED) is 0.777. The Bertz CT molecular complexity index is 516. The molecule has 0 spiro atoms. The molecule has 0 bridgehead atoms. The van der Waals surface area contributed by atoms with Crippen molar-refractivity contribution in [3.05, 3.63) is 42.1 Å². The second-order valence-corrected chi connectivity index (χ2v) is 4.20. The van der Waals surface area contributed by atoms with E-state index < -0.39 is 0 Å². The van der Waals surface area contributed by atoms with E-state index in [1.807, 2.05) is 37.3 Å². The third-order valence-electron chi connectivity index (χ3n) is 2.62. The van der Waals surface area contributed by atoms with E-state index >= 15 is 0 Å². The maximum atomic E-state index is 5.60. The van der Waals surface area contributed by atoms with Gasteiger partial charge in [-0.05, 0) is 25.5 Å². The van der Waals surface area contributed by atoms with E-state index in [-0.39, 0.29) is 5.95 Å². The number of rotatable bonds is 6. The molecule has 0 fully saturated rings. The van der Waals surface area contributed by atoms with Crippen molar-refractivity contribution >= 4 is 11.8 Å². The van der Waals surface area contributed by atoms with E-state index in [0.29, 0.717) is 6.61 Å². The first kappa shape index (κ1) is 13.1. The molecule has 0 amide bonds. The van der Waals surface area contributed by atoms with Crippen LogP contribution >= 0.6 is 0 Å². The zero-order chi connectivity index (χ0) is 13.5. The molecular weight excluding hydrogens is 240 g/mol. The van der Waals surface area contributed by atoms with Crippen molar-refractivity contribution in [3.8, 4) is 5.75 Å². The number of hydrogen-bond acceptors (Lipinski definition) is 5. The topological polar surface area (TPSA) is 73.1 Å². The number of nitrogens with zero attached hydrogens (tertiary/aromatic N) is 2. The molecule has 1 aromatic heterocycles. The van der Waals surface area contributed by atoms with Crippen molar-refractivity contribution in [1.29, 1.82) is 0 Å². The van der Waals surface area contributed by atoms with Gasteiger partial charge < -0.3 is 15.8 Å². The van der Waals surface area contributed by atoms with E-state index in [1.165, 1.54) is 0 Å². The predicted octanol–water partition coefficient (Wildman–Crippen LogP) is 2.25. The summed E-state index contributed by atoms with van der Waals surface area (Å²) in [5.74, 6) is 1.96. The molecule has 1 aromatic carbocycles. The standard InChI is InChI=1S/C14H18N4O/c1-11-10-17-14(15)18-13(11)16-8-5-9-19-12-6-3-2-4-7-12/h2-4,6-7,10H,5,8-9H2,1H3,(H3,15,16,17,18). The Hall–Kier alpha value is -2.30. The van der Waals surface area contributed by atoms with Gasteiger partial charge >= 0.3 is 0 Å². The lowest BCUT2D eigenvalue weighted by Crippen LogP contribution is -2.10. The molecule has 19 heavy (non-hydrogen) atoms. The minimum Gasteiger partial charge on any atom is -0.494 e. The summed E-state index contributed by atoms with van der Waals surface area (Å²) >= 11 is 0. The number of hydrogen-bond donors (Lipinski definition) is 2. The van der Waals surface area contributed by atoms with Crippen molar-refractivity contribution in [3.63, 3.8) is 0 Å². The SMILES string of the molecule is Cc1cnc(N)nc1NCCCOc1ccccc1. The van der Waals surface area contributed by atoms with Crippen molar-refractivity contribution < 1.29 is 4.74 Å². The number of ether oxygens (including phenoxy) is 1. The number of benzene rings is 1. The van der Waals surface area contributed by atoms with Crippen LogP contribution in [0.15, 0.2) is 36.5 Å². The zero-order valence-corrected chi connectivity index (χ0v) is 11.0. The van der Waals surface area contributed by atoms with Crippen LogP contribution in [0.25, 0.3) is 0 Å². The third kappa shape index (κ3) is 4.13. The van der Waals surface area contributed by atoms with Crippen molar-refractivity contribution in [1.82, 2.24) is 9.97 Å². The summed E-state index contributed by atoms with van der Waals surface area (Å²) in [5, 5.41) is 3.23. The molecule has 1 heterocycles. The normalized spacial score (nSPS) is 10.2. The number of aromatic nitrogens is 2. The fourth-order valence-electron chi connectivity index (χ4n) is 1.62. The van der Waals surface area contributed by atoms with Crippen LogP contribution in [0.3, 0.4) is 0 Å². The molecular formula is C14H18N4O. The number of para-hydroxylation sites is 1. The summed E-state index contributed by atoms with van der Waals surface area (Å²) in [6.07, 6.45) is 2.60. The molecule has 100 valence electrons. The number of nitrogens with two attached hydrogens (primary N) is 1. The summed E-state index contributed by atoms with van der Waals surface area (Å²) < 4.78 is 5.60. The average Bonchev–Trinajstić information content (AvgIpc) is 2.43. The molecule has 0 saturated carbocycles. The fourth-order valence-corrected chi connectivity index (χ4v) is 1.62. The Morgan fingerprint density at radius 1 is 1.26 bits per heavy atom. The maximum Gasteiger partial charge on any atom is 0.221 e. The molecule has 0 aliphatic rings. The molecule has 5 nitrogen and oxygen atoms in total. The van der Waals surface area contributed by atoms with Gasteiger partial charge in [-0.2, -0.15) is 4.98 Å². The Balaban J connectivity index is 1.71. The van der Waals surface area contributed by atoms with E-state index in [4.69, 9.17) is 10.5 Å². The van der Waals surface area contributed by atoms with Crippen LogP contribution in [0, 0.1) is 6.92 Å². The lowest BCUT2D eigenvalue weighted by molar-refractivity contribution is 0.315. The van der Waals surface area contributed by atoms with Gasteiger partial charge in [-0.15, -0.1) is 0 Å². The number of aryl methyl sites for hydroxylation is 1. The van der Waals surface area contributed by atoms with Crippen LogP contribution in [0.5, 0.6) is 5.75 Å². The van der Waals surface area contributed by atoms with Gasteiger partial charge in [-0.1, -0.05) is 18.2 Å².